The monoisotopic (exact) mass is 334 g/mol. The van der Waals surface area contributed by atoms with Crippen LogP contribution in [0.15, 0.2) is 12.1 Å². The normalized spacial score (nSPS) is 49.9. The first kappa shape index (κ1) is 6.23. The number of benzene rings is 1. The van der Waals surface area contributed by atoms with Gasteiger partial charge >= 0.3 is 0 Å². The van der Waals surface area contributed by atoms with Gasteiger partial charge in [0.05, 0.1) is 28.5 Å². The molecule has 2 heterocycles. The van der Waals surface area contributed by atoms with Gasteiger partial charge in [-0.15, -0.1) is 0 Å². The molecule has 2 aliphatic rings. The first-order chi connectivity index (χ1) is 16.8. The molecule has 0 saturated carbocycles. The minimum Gasteiger partial charge on any atom is -0.493 e. The Morgan fingerprint density at radius 3 is 3.17 bits per heavy atom. The third kappa shape index (κ3) is 3.20. The van der Waals surface area contributed by atoms with Gasteiger partial charge in [-0.05, 0) is 54.2 Å². The molecule has 0 radical (unpaired) electrons. The van der Waals surface area contributed by atoms with Gasteiger partial charge in [0, 0.05) is 31.5 Å². The largest absolute Gasteiger partial charge is 0.493 e. The lowest BCUT2D eigenvalue weighted by Crippen LogP contribution is -2.48. The molecule has 1 fully saturated rings. The summed E-state index contributed by atoms with van der Waals surface area (Å²) in [5.74, 6) is -7.35. The standard InChI is InChI=1S/C19H29NO3/c1-12(2)7-14-11-20-6-5-13-8-18(22-3)19(23-4)9-15(13)16(20)10-17(14)21/h8-9,12,14,16-17,21H,5-7,10-11H2,1-4H3/i1D3,4D3,7D2,8D,9D,10D2,12D,14D,17D. The van der Waals surface area contributed by atoms with Crippen LogP contribution < -0.4 is 9.47 Å². The fraction of sp³-hybridized carbons (Fsp3) is 0.684. The summed E-state index contributed by atoms with van der Waals surface area (Å²) in [5.41, 5.74) is -0.247. The number of methoxy groups -OCH3 is 2. The number of hydrogen-bond donors (Lipinski definition) is 1. The molecule has 1 saturated heterocycles. The van der Waals surface area contributed by atoms with Crippen molar-refractivity contribution in [1.29, 1.82) is 0 Å². The summed E-state index contributed by atoms with van der Waals surface area (Å²) in [6.45, 7) is -3.69. The maximum absolute atomic E-state index is 11.3. The molecule has 4 unspecified atom stereocenters. The molecule has 0 aromatic heterocycles. The third-order valence-electron chi connectivity index (χ3n) is 3.90. The Bertz CT molecular complexity index is 1110. The molecular formula is C19H29NO3. The molecule has 4 nitrogen and oxygen atoms in total. The first-order valence-corrected chi connectivity index (χ1v) is 7.17. The highest BCUT2D eigenvalue weighted by atomic mass is 16.5. The zero-order valence-electron chi connectivity index (χ0n) is 27.9. The zero-order chi connectivity index (χ0) is 29.7. The number of aliphatic hydroxyl groups is 1. The topological polar surface area (TPSA) is 41.9 Å². The van der Waals surface area contributed by atoms with E-state index in [0.717, 1.165) is 12.0 Å². The average molecular weight is 335 g/mol. The lowest BCUT2D eigenvalue weighted by Gasteiger charge is -2.46. The van der Waals surface area contributed by atoms with Crippen LogP contribution in [0.25, 0.3) is 0 Å². The van der Waals surface area contributed by atoms with Crippen molar-refractivity contribution in [3.63, 3.8) is 0 Å². The van der Waals surface area contributed by atoms with Gasteiger partial charge < -0.3 is 14.6 Å². The van der Waals surface area contributed by atoms with E-state index in [1.54, 1.807) is 0 Å². The predicted molar refractivity (Wildman–Crippen MR) is 91.1 cm³/mol. The molecule has 2 aliphatic heterocycles. The van der Waals surface area contributed by atoms with Crippen LogP contribution in [0.1, 0.15) is 64.3 Å². The van der Waals surface area contributed by atoms with E-state index >= 15 is 0 Å². The van der Waals surface area contributed by atoms with Gasteiger partial charge in [-0.1, -0.05) is 13.8 Å². The molecule has 23 heavy (non-hydrogen) atoms. The Hall–Kier alpha value is -1.26. The molecule has 0 bridgehead atoms. The fourth-order valence-electron chi connectivity index (χ4n) is 2.88. The molecule has 1 aromatic rings. The van der Waals surface area contributed by atoms with Crippen molar-refractivity contribution in [3.8, 4) is 11.5 Å². The number of rotatable bonds is 4. The Morgan fingerprint density at radius 2 is 2.43 bits per heavy atom. The minimum atomic E-state index is -3.69. The minimum absolute atomic E-state index is 0.0546. The highest BCUT2D eigenvalue weighted by Gasteiger charge is 2.38. The van der Waals surface area contributed by atoms with Crippen LogP contribution in [-0.2, 0) is 6.42 Å². The maximum atomic E-state index is 11.3. The maximum Gasteiger partial charge on any atom is 0.161 e. The van der Waals surface area contributed by atoms with E-state index < -0.39 is 74.9 Å². The molecule has 0 aliphatic carbocycles. The number of fused-ring (bicyclic) bond motifs is 3. The highest BCUT2D eigenvalue weighted by molar-refractivity contribution is 5.49. The van der Waals surface area contributed by atoms with Crippen LogP contribution in [0.2, 0.25) is 0 Å². The number of hydrogen-bond acceptors (Lipinski definition) is 4. The van der Waals surface area contributed by atoms with Crippen molar-refractivity contribution in [1.82, 2.24) is 4.90 Å². The van der Waals surface area contributed by atoms with Crippen molar-refractivity contribution >= 4 is 0 Å². The Balaban J connectivity index is 2.30. The molecule has 1 aromatic carbocycles. The van der Waals surface area contributed by atoms with E-state index in [1.807, 2.05) is 0 Å². The summed E-state index contributed by atoms with van der Waals surface area (Å²) in [4.78, 5) is 1.15. The van der Waals surface area contributed by atoms with E-state index in [1.165, 1.54) is 0 Å². The predicted octanol–water partition coefficient (Wildman–Crippen LogP) is 3.03. The van der Waals surface area contributed by atoms with Gasteiger partial charge in [0.15, 0.2) is 11.5 Å². The van der Waals surface area contributed by atoms with Gasteiger partial charge in [-0.2, -0.15) is 0 Å². The Kier molecular flexibility index (Phi) is 1.81. The van der Waals surface area contributed by atoms with Crippen molar-refractivity contribution in [3.05, 3.63) is 23.2 Å². The SMILES string of the molecule is [2H]c1c2c(c([2H])c(OC([2H])([2H])[2H])c1OC)C1N(CC2)CC([2H])(C([2H])([2H])C([2H])(C)C([2H])([2H])[2H])C([2H])(O)C1([2H])[2H]. The van der Waals surface area contributed by atoms with Crippen molar-refractivity contribution in [2.45, 2.75) is 45.1 Å². The molecule has 0 amide bonds. The third-order valence-corrected chi connectivity index (χ3v) is 3.90. The number of piperidine rings is 1. The van der Waals surface area contributed by atoms with Crippen molar-refractivity contribution < 1.29 is 35.1 Å². The van der Waals surface area contributed by atoms with Crippen LogP contribution in [-0.4, -0.2) is 43.3 Å². The second-order valence-electron chi connectivity index (χ2n) is 5.45. The van der Waals surface area contributed by atoms with E-state index in [9.17, 15) is 5.11 Å². The molecular weight excluding hydrogens is 290 g/mol. The molecule has 0 spiro atoms. The molecule has 1 N–H and O–H groups in total. The second-order valence-corrected chi connectivity index (χ2v) is 5.45. The highest BCUT2D eigenvalue weighted by Crippen LogP contribution is 2.43. The van der Waals surface area contributed by atoms with E-state index in [4.69, 9.17) is 30.0 Å². The van der Waals surface area contributed by atoms with E-state index in [2.05, 4.69) is 0 Å². The fourth-order valence-corrected chi connectivity index (χ4v) is 2.88. The zero-order valence-corrected chi connectivity index (χ0v) is 12.9. The Morgan fingerprint density at radius 1 is 1.61 bits per heavy atom. The van der Waals surface area contributed by atoms with Gasteiger partial charge in [0.2, 0.25) is 0 Å². The first-order valence-electron chi connectivity index (χ1n) is 14.7. The smallest absolute Gasteiger partial charge is 0.161 e. The van der Waals surface area contributed by atoms with Crippen LogP contribution in [0.3, 0.4) is 0 Å². The molecule has 4 atom stereocenters. The second kappa shape index (κ2) is 6.70. The van der Waals surface area contributed by atoms with Gasteiger partial charge in [0.1, 0.15) is 0 Å². The quantitative estimate of drug-likeness (QED) is 0.919. The number of ether oxygens (including phenoxy) is 2. The molecule has 3 rings (SSSR count). The Labute approximate surface area is 160 Å². The molecule has 4 heteroatoms. The summed E-state index contributed by atoms with van der Waals surface area (Å²) in [6.07, 6.45) is -10.5. The van der Waals surface area contributed by atoms with E-state index in [-0.39, 0.29) is 29.8 Å². The summed E-state index contributed by atoms with van der Waals surface area (Å²) >= 11 is 0. The van der Waals surface area contributed by atoms with E-state index in [0.29, 0.717) is 6.92 Å². The summed E-state index contributed by atoms with van der Waals surface area (Å²) in [5, 5.41) is 11.3. The van der Waals surface area contributed by atoms with Gasteiger partial charge in [0.25, 0.3) is 0 Å². The summed E-state index contributed by atoms with van der Waals surface area (Å²) in [6, 6.07) is -2.85. The summed E-state index contributed by atoms with van der Waals surface area (Å²) in [7, 11) is -1.96. The average Bonchev–Trinajstić information content (AvgIpc) is 2.74. The van der Waals surface area contributed by atoms with Crippen LogP contribution in [0, 0.1) is 11.8 Å². The van der Waals surface area contributed by atoms with Gasteiger partial charge in [-0.3, -0.25) is 4.90 Å². The van der Waals surface area contributed by atoms with Crippen LogP contribution >= 0.6 is 0 Å². The van der Waals surface area contributed by atoms with Crippen molar-refractivity contribution in [2.75, 3.05) is 27.2 Å². The summed E-state index contributed by atoms with van der Waals surface area (Å²) < 4.78 is 133. The van der Waals surface area contributed by atoms with Crippen molar-refractivity contribution in [2.24, 2.45) is 11.8 Å². The van der Waals surface area contributed by atoms with Crippen LogP contribution in [0.4, 0.5) is 0 Å². The van der Waals surface area contributed by atoms with Gasteiger partial charge in [-0.25, -0.2) is 0 Å². The lowest BCUT2D eigenvalue weighted by atomic mass is 9.79. The van der Waals surface area contributed by atoms with Crippen LogP contribution in [0.5, 0.6) is 11.5 Å². The molecule has 128 valence electrons. The number of nitrogens with zero attached hydrogens (tertiary/aromatic N) is 1. The lowest BCUT2D eigenvalue weighted by molar-refractivity contribution is -0.0191.